The smallest absolute Gasteiger partial charge is 0 e. The van der Waals surface area contributed by atoms with Gasteiger partial charge in [-0.15, -0.1) is 6.92 Å². The molecule has 0 fully saturated rings. The predicted octanol–water partition coefficient (Wildman–Crippen LogP) is 1.94. The SMILES string of the molecule is CC1=CC(C)[C-]=C1.[Zr]. The maximum absolute atomic E-state index is 3.15. The molecular weight excluding hydrogens is 175 g/mol. The van der Waals surface area contributed by atoms with E-state index in [1.165, 1.54) is 5.57 Å². The van der Waals surface area contributed by atoms with Crippen molar-refractivity contribution in [3.8, 4) is 0 Å². The Morgan fingerprint density at radius 3 is 2.38 bits per heavy atom. The van der Waals surface area contributed by atoms with Crippen LogP contribution in [0.1, 0.15) is 13.8 Å². The molecule has 0 radical (unpaired) electrons. The zero-order valence-electron chi connectivity index (χ0n) is 5.23. The maximum atomic E-state index is 3.15. The molecule has 0 aromatic carbocycles. The van der Waals surface area contributed by atoms with Gasteiger partial charge in [0.05, 0.1) is 0 Å². The summed E-state index contributed by atoms with van der Waals surface area (Å²) in [5.41, 5.74) is 1.34. The first-order valence-electron chi connectivity index (χ1n) is 2.57. The molecule has 0 aliphatic heterocycles. The summed E-state index contributed by atoms with van der Waals surface area (Å²) >= 11 is 0. The van der Waals surface area contributed by atoms with Crippen molar-refractivity contribution in [3.63, 3.8) is 0 Å². The van der Waals surface area contributed by atoms with E-state index in [1.54, 1.807) is 0 Å². The monoisotopic (exact) mass is 183 g/mol. The number of hydrogen-bond donors (Lipinski definition) is 0. The topological polar surface area (TPSA) is 0 Å². The fraction of sp³-hybridized carbons (Fsp3) is 0.429. The van der Waals surface area contributed by atoms with Gasteiger partial charge in [0, 0.05) is 26.2 Å². The summed E-state index contributed by atoms with van der Waals surface area (Å²) in [6.45, 7) is 4.23. The zero-order valence-corrected chi connectivity index (χ0v) is 7.69. The average Bonchev–Trinajstić information content (AvgIpc) is 1.87. The van der Waals surface area contributed by atoms with E-state index < -0.39 is 0 Å². The van der Waals surface area contributed by atoms with Gasteiger partial charge in [-0.3, -0.25) is 6.08 Å². The molecule has 1 heteroatoms. The van der Waals surface area contributed by atoms with Crippen molar-refractivity contribution in [2.45, 2.75) is 13.8 Å². The summed E-state index contributed by atoms with van der Waals surface area (Å²) in [4.78, 5) is 0. The molecule has 42 valence electrons. The summed E-state index contributed by atoms with van der Waals surface area (Å²) < 4.78 is 0. The summed E-state index contributed by atoms with van der Waals surface area (Å²) in [6, 6.07) is 0. The first kappa shape index (κ1) is 8.36. The van der Waals surface area contributed by atoms with Gasteiger partial charge in [-0.25, -0.2) is 11.6 Å². The van der Waals surface area contributed by atoms with E-state index in [0.29, 0.717) is 5.92 Å². The Labute approximate surface area is 69.8 Å². The molecule has 0 bridgehead atoms. The van der Waals surface area contributed by atoms with Gasteiger partial charge in [-0.1, -0.05) is 12.8 Å². The second-order valence-electron chi connectivity index (χ2n) is 2.01. The molecule has 1 unspecified atom stereocenters. The van der Waals surface area contributed by atoms with E-state index in [2.05, 4.69) is 26.0 Å². The minimum Gasteiger partial charge on any atom is -0.270 e. The average molecular weight is 184 g/mol. The molecule has 0 spiro atoms. The van der Waals surface area contributed by atoms with Gasteiger partial charge in [0.15, 0.2) is 0 Å². The standard InChI is InChI=1S/C7H9.Zr/c1-6-3-4-7(2)5-6;/h3,5,7H,1-2H3;/q-1;. The van der Waals surface area contributed by atoms with E-state index in [1.807, 2.05) is 6.08 Å². The molecule has 0 amide bonds. The maximum Gasteiger partial charge on any atom is 0 e. The zero-order chi connectivity index (χ0) is 5.28. The van der Waals surface area contributed by atoms with E-state index in [9.17, 15) is 0 Å². The van der Waals surface area contributed by atoms with Crippen LogP contribution in [0.25, 0.3) is 0 Å². The van der Waals surface area contributed by atoms with Gasteiger partial charge in [0.1, 0.15) is 0 Å². The van der Waals surface area contributed by atoms with Crippen molar-refractivity contribution in [3.05, 3.63) is 23.8 Å². The van der Waals surface area contributed by atoms with Crippen LogP contribution in [0.2, 0.25) is 0 Å². The second-order valence-corrected chi connectivity index (χ2v) is 2.01. The Morgan fingerprint density at radius 2 is 2.25 bits per heavy atom. The second kappa shape index (κ2) is 3.40. The summed E-state index contributed by atoms with van der Waals surface area (Å²) in [6.07, 6.45) is 7.38. The Morgan fingerprint density at radius 1 is 1.62 bits per heavy atom. The molecule has 8 heavy (non-hydrogen) atoms. The van der Waals surface area contributed by atoms with Crippen LogP contribution >= 0.6 is 0 Å². The largest absolute Gasteiger partial charge is 0.270 e. The van der Waals surface area contributed by atoms with Gasteiger partial charge in [-0.05, 0) is 0 Å². The van der Waals surface area contributed by atoms with Gasteiger partial charge >= 0.3 is 0 Å². The molecule has 1 rings (SSSR count). The summed E-state index contributed by atoms with van der Waals surface area (Å²) in [5, 5.41) is 0. The molecule has 0 aromatic rings. The van der Waals surface area contributed by atoms with Crippen molar-refractivity contribution >= 4 is 0 Å². The van der Waals surface area contributed by atoms with Crippen LogP contribution in [0.4, 0.5) is 0 Å². The first-order chi connectivity index (χ1) is 3.29. The number of allylic oxidation sites excluding steroid dienone is 4. The third-order valence-corrected chi connectivity index (χ3v) is 1.09. The van der Waals surface area contributed by atoms with Gasteiger partial charge in [0.2, 0.25) is 0 Å². The quantitative estimate of drug-likeness (QED) is 0.505. The van der Waals surface area contributed by atoms with Crippen LogP contribution in [0.5, 0.6) is 0 Å². The minimum atomic E-state index is 0. The molecule has 0 heterocycles. The molecule has 1 aliphatic carbocycles. The Balaban J connectivity index is 0.000000490. The van der Waals surface area contributed by atoms with Crippen LogP contribution in [0.15, 0.2) is 17.7 Å². The van der Waals surface area contributed by atoms with Gasteiger partial charge in [-0.2, -0.15) is 6.08 Å². The van der Waals surface area contributed by atoms with Crippen molar-refractivity contribution in [2.75, 3.05) is 0 Å². The van der Waals surface area contributed by atoms with Crippen molar-refractivity contribution in [1.82, 2.24) is 0 Å². The molecule has 1 atom stereocenters. The van der Waals surface area contributed by atoms with Crippen molar-refractivity contribution in [2.24, 2.45) is 5.92 Å². The first-order valence-corrected chi connectivity index (χ1v) is 2.57. The summed E-state index contributed by atoms with van der Waals surface area (Å²) in [5.74, 6) is 0.556. The Hall–Kier alpha value is 0.363. The molecule has 1 aliphatic rings. The number of hydrogen-bond acceptors (Lipinski definition) is 0. The Bertz CT molecular complexity index is 122. The van der Waals surface area contributed by atoms with Crippen LogP contribution in [0.3, 0.4) is 0 Å². The van der Waals surface area contributed by atoms with Crippen LogP contribution in [-0.2, 0) is 26.2 Å². The van der Waals surface area contributed by atoms with Gasteiger partial charge < -0.3 is 0 Å². The van der Waals surface area contributed by atoms with E-state index in [4.69, 9.17) is 0 Å². The van der Waals surface area contributed by atoms with Crippen molar-refractivity contribution < 1.29 is 26.2 Å². The van der Waals surface area contributed by atoms with E-state index >= 15 is 0 Å². The Kier molecular flexibility index (Phi) is 3.55. The van der Waals surface area contributed by atoms with Gasteiger partial charge in [0.25, 0.3) is 0 Å². The third kappa shape index (κ3) is 2.09. The fourth-order valence-electron chi connectivity index (χ4n) is 0.753. The minimum absolute atomic E-state index is 0. The normalized spacial score (nSPS) is 24.8. The van der Waals surface area contributed by atoms with Crippen LogP contribution < -0.4 is 0 Å². The van der Waals surface area contributed by atoms with E-state index in [0.717, 1.165) is 0 Å². The third-order valence-electron chi connectivity index (χ3n) is 1.09. The fourth-order valence-corrected chi connectivity index (χ4v) is 0.753. The molecule has 0 aromatic heterocycles. The molecular formula is C7H9Zr-. The van der Waals surface area contributed by atoms with Crippen LogP contribution in [0, 0.1) is 12.0 Å². The number of rotatable bonds is 0. The van der Waals surface area contributed by atoms with Crippen LogP contribution in [-0.4, -0.2) is 0 Å². The predicted molar refractivity (Wildman–Crippen MR) is 30.7 cm³/mol. The van der Waals surface area contributed by atoms with Crippen molar-refractivity contribution in [1.29, 1.82) is 0 Å². The summed E-state index contributed by atoms with van der Waals surface area (Å²) in [7, 11) is 0. The van der Waals surface area contributed by atoms with E-state index in [-0.39, 0.29) is 26.2 Å². The molecule has 0 nitrogen and oxygen atoms in total. The molecule has 0 saturated carbocycles. The molecule has 0 N–H and O–H groups in total. The molecule has 0 saturated heterocycles.